The molecule has 0 aliphatic rings. The van der Waals surface area contributed by atoms with Gasteiger partial charge in [0.05, 0.1) is 14.2 Å². The van der Waals surface area contributed by atoms with Crippen LogP contribution in [0.2, 0.25) is 5.02 Å². The van der Waals surface area contributed by atoms with Gasteiger partial charge in [0.1, 0.15) is 0 Å². The van der Waals surface area contributed by atoms with E-state index in [4.69, 9.17) is 21.1 Å². The van der Waals surface area contributed by atoms with Crippen LogP contribution in [-0.4, -0.2) is 26.7 Å². The maximum atomic E-state index is 12.0. The molecule has 1 amide bonds. The summed E-state index contributed by atoms with van der Waals surface area (Å²) in [5.41, 5.74) is 3.36. The highest BCUT2D eigenvalue weighted by molar-refractivity contribution is 6.30. The van der Waals surface area contributed by atoms with Crippen LogP contribution in [0, 0.1) is 6.92 Å². The molecule has 0 aliphatic heterocycles. The molecule has 0 spiro atoms. The summed E-state index contributed by atoms with van der Waals surface area (Å²) in [7, 11) is 3.24. The van der Waals surface area contributed by atoms with Crippen molar-refractivity contribution in [2.45, 2.75) is 26.2 Å². The second-order valence-electron chi connectivity index (χ2n) is 5.86. The predicted octanol–water partition coefficient (Wildman–Crippen LogP) is 3.96. The lowest BCUT2D eigenvalue weighted by Gasteiger charge is -2.13. The van der Waals surface area contributed by atoms with Crippen molar-refractivity contribution >= 4 is 17.5 Å². The van der Waals surface area contributed by atoms with Crippen LogP contribution < -0.4 is 14.8 Å². The van der Waals surface area contributed by atoms with Gasteiger partial charge in [0.25, 0.3) is 0 Å². The Balaban J connectivity index is 1.81. The van der Waals surface area contributed by atoms with E-state index in [9.17, 15) is 4.79 Å². The predicted molar refractivity (Wildman–Crippen MR) is 101 cm³/mol. The average molecular weight is 362 g/mol. The Morgan fingerprint density at radius 2 is 1.68 bits per heavy atom. The van der Waals surface area contributed by atoms with Crippen LogP contribution in [0.1, 0.15) is 23.1 Å². The van der Waals surface area contributed by atoms with E-state index in [0.717, 1.165) is 28.9 Å². The van der Waals surface area contributed by atoms with Crippen molar-refractivity contribution in [2.24, 2.45) is 0 Å². The van der Waals surface area contributed by atoms with Crippen molar-refractivity contribution in [3.05, 3.63) is 58.1 Å². The molecule has 5 heteroatoms. The highest BCUT2D eigenvalue weighted by Crippen LogP contribution is 2.30. The Morgan fingerprint density at radius 3 is 2.32 bits per heavy atom. The number of halogens is 1. The number of aryl methyl sites for hydroxylation is 2. The van der Waals surface area contributed by atoms with E-state index in [1.807, 2.05) is 43.3 Å². The fourth-order valence-corrected chi connectivity index (χ4v) is 2.75. The van der Waals surface area contributed by atoms with Gasteiger partial charge in [-0.05, 0) is 60.7 Å². The van der Waals surface area contributed by atoms with Gasteiger partial charge in [0.2, 0.25) is 5.91 Å². The summed E-state index contributed by atoms with van der Waals surface area (Å²) >= 11 is 5.86. The number of benzene rings is 2. The van der Waals surface area contributed by atoms with E-state index in [1.165, 1.54) is 0 Å². The molecule has 25 heavy (non-hydrogen) atoms. The third-order valence-electron chi connectivity index (χ3n) is 4.11. The average Bonchev–Trinajstić information content (AvgIpc) is 2.62. The first-order chi connectivity index (χ1) is 12.0. The standard InChI is InChI=1S/C20H24ClNO3/c1-14-12-18(24-2)19(25-3)13-16(14)10-11-22-20(23)9-6-15-4-7-17(21)8-5-15/h4-5,7-8,12-13H,6,9-11H2,1-3H3,(H,22,23). The van der Waals surface area contributed by atoms with Gasteiger partial charge in [0, 0.05) is 18.0 Å². The first-order valence-electron chi connectivity index (χ1n) is 8.26. The van der Waals surface area contributed by atoms with E-state index in [-0.39, 0.29) is 5.91 Å². The van der Waals surface area contributed by atoms with Crippen LogP contribution in [0.4, 0.5) is 0 Å². The first kappa shape index (κ1) is 19.1. The molecule has 0 fully saturated rings. The number of amides is 1. The monoisotopic (exact) mass is 361 g/mol. The lowest BCUT2D eigenvalue weighted by Crippen LogP contribution is -2.26. The van der Waals surface area contributed by atoms with Gasteiger partial charge in [-0.25, -0.2) is 0 Å². The molecule has 0 unspecified atom stereocenters. The molecule has 2 aromatic rings. The molecule has 0 atom stereocenters. The summed E-state index contributed by atoms with van der Waals surface area (Å²) in [6.45, 7) is 2.62. The minimum atomic E-state index is 0.0491. The van der Waals surface area contributed by atoms with Gasteiger partial charge in [-0.1, -0.05) is 23.7 Å². The van der Waals surface area contributed by atoms with Crippen molar-refractivity contribution in [3.63, 3.8) is 0 Å². The quantitative estimate of drug-likeness (QED) is 0.774. The lowest BCUT2D eigenvalue weighted by molar-refractivity contribution is -0.121. The van der Waals surface area contributed by atoms with E-state index < -0.39 is 0 Å². The van der Waals surface area contributed by atoms with Gasteiger partial charge >= 0.3 is 0 Å². The van der Waals surface area contributed by atoms with E-state index >= 15 is 0 Å². The Bertz CT molecular complexity index is 714. The summed E-state index contributed by atoms with van der Waals surface area (Å²) < 4.78 is 10.6. The highest BCUT2D eigenvalue weighted by atomic mass is 35.5. The maximum absolute atomic E-state index is 12.0. The topological polar surface area (TPSA) is 47.6 Å². The third kappa shape index (κ3) is 5.68. The van der Waals surface area contributed by atoms with Gasteiger partial charge in [-0.3, -0.25) is 4.79 Å². The number of hydrogen-bond donors (Lipinski definition) is 1. The molecule has 4 nitrogen and oxygen atoms in total. The number of nitrogens with one attached hydrogen (secondary N) is 1. The zero-order valence-corrected chi connectivity index (χ0v) is 15.7. The zero-order valence-electron chi connectivity index (χ0n) is 14.9. The van der Waals surface area contributed by atoms with E-state index in [0.29, 0.717) is 30.2 Å². The highest BCUT2D eigenvalue weighted by Gasteiger charge is 2.09. The Hall–Kier alpha value is -2.20. The largest absolute Gasteiger partial charge is 0.493 e. The minimum Gasteiger partial charge on any atom is -0.493 e. The summed E-state index contributed by atoms with van der Waals surface area (Å²) in [4.78, 5) is 12.0. The number of carbonyl (C=O) groups excluding carboxylic acids is 1. The Morgan fingerprint density at radius 1 is 1.04 bits per heavy atom. The summed E-state index contributed by atoms with van der Waals surface area (Å²) in [6, 6.07) is 11.5. The Kier molecular flexibility index (Phi) is 7.14. The number of ether oxygens (including phenoxy) is 2. The number of rotatable bonds is 8. The molecule has 0 aliphatic carbocycles. The zero-order chi connectivity index (χ0) is 18.2. The molecule has 2 rings (SSSR count). The molecule has 134 valence electrons. The van der Waals surface area contributed by atoms with Gasteiger partial charge in [0.15, 0.2) is 11.5 Å². The van der Waals surface area contributed by atoms with Crippen molar-refractivity contribution in [2.75, 3.05) is 20.8 Å². The Labute approximate surface area is 154 Å². The number of methoxy groups -OCH3 is 2. The maximum Gasteiger partial charge on any atom is 0.220 e. The van der Waals surface area contributed by atoms with Crippen LogP contribution in [0.3, 0.4) is 0 Å². The van der Waals surface area contributed by atoms with Crippen molar-refractivity contribution in [1.82, 2.24) is 5.32 Å². The first-order valence-corrected chi connectivity index (χ1v) is 8.64. The third-order valence-corrected chi connectivity index (χ3v) is 4.36. The fraction of sp³-hybridized carbons (Fsp3) is 0.350. The molecule has 0 bridgehead atoms. The van der Waals surface area contributed by atoms with Crippen LogP contribution >= 0.6 is 11.6 Å². The second-order valence-corrected chi connectivity index (χ2v) is 6.30. The van der Waals surface area contributed by atoms with Crippen LogP contribution in [0.5, 0.6) is 11.5 Å². The molecular formula is C20H24ClNO3. The van der Waals surface area contributed by atoms with Gasteiger partial charge in [-0.15, -0.1) is 0 Å². The lowest BCUT2D eigenvalue weighted by atomic mass is 10.0. The summed E-state index contributed by atoms with van der Waals surface area (Å²) in [5.74, 6) is 1.47. The van der Waals surface area contributed by atoms with Crippen molar-refractivity contribution in [3.8, 4) is 11.5 Å². The molecule has 0 saturated carbocycles. The smallest absolute Gasteiger partial charge is 0.220 e. The normalized spacial score (nSPS) is 10.4. The molecule has 0 heterocycles. The van der Waals surface area contributed by atoms with Crippen molar-refractivity contribution in [1.29, 1.82) is 0 Å². The molecule has 0 aromatic heterocycles. The minimum absolute atomic E-state index is 0.0491. The van der Waals surface area contributed by atoms with Crippen LogP contribution in [0.15, 0.2) is 36.4 Å². The number of hydrogen-bond acceptors (Lipinski definition) is 3. The second kappa shape index (κ2) is 9.33. The van der Waals surface area contributed by atoms with Gasteiger partial charge < -0.3 is 14.8 Å². The molecule has 0 saturated heterocycles. The van der Waals surface area contributed by atoms with Gasteiger partial charge in [-0.2, -0.15) is 0 Å². The van der Waals surface area contributed by atoms with E-state index in [2.05, 4.69) is 5.32 Å². The molecule has 0 radical (unpaired) electrons. The van der Waals surface area contributed by atoms with Crippen LogP contribution in [-0.2, 0) is 17.6 Å². The SMILES string of the molecule is COc1cc(C)c(CCNC(=O)CCc2ccc(Cl)cc2)cc1OC. The molecule has 2 aromatic carbocycles. The summed E-state index contributed by atoms with van der Waals surface area (Å²) in [5, 5.41) is 3.68. The van der Waals surface area contributed by atoms with Crippen LogP contribution in [0.25, 0.3) is 0 Å². The molecular weight excluding hydrogens is 338 g/mol. The van der Waals surface area contributed by atoms with E-state index in [1.54, 1.807) is 14.2 Å². The van der Waals surface area contributed by atoms with Crippen molar-refractivity contribution < 1.29 is 14.3 Å². The fourth-order valence-electron chi connectivity index (χ4n) is 2.63. The molecule has 1 N–H and O–H groups in total. The number of carbonyl (C=O) groups is 1. The summed E-state index contributed by atoms with van der Waals surface area (Å²) in [6.07, 6.45) is 1.92.